The molecule has 0 aromatic heterocycles. The Hall–Kier alpha value is -2.11. The highest BCUT2D eigenvalue weighted by Crippen LogP contribution is 2.09. The summed E-state index contributed by atoms with van der Waals surface area (Å²) in [6.07, 6.45) is 0.941. The van der Waals surface area contributed by atoms with E-state index in [0.717, 1.165) is 6.42 Å². The molecule has 6 heteroatoms. The molecule has 0 spiro atoms. The lowest BCUT2D eigenvalue weighted by Crippen LogP contribution is -2.45. The molecule has 126 valence electrons. The predicted molar refractivity (Wildman–Crippen MR) is 86.5 cm³/mol. The Labute approximate surface area is 136 Å². The van der Waals surface area contributed by atoms with Gasteiger partial charge in [-0.05, 0) is 38.0 Å². The third-order valence-electron chi connectivity index (χ3n) is 3.79. The molecule has 1 saturated heterocycles. The van der Waals surface area contributed by atoms with E-state index in [4.69, 9.17) is 0 Å². The zero-order valence-electron chi connectivity index (χ0n) is 13.7. The maximum Gasteiger partial charge on any atom is 0.317 e. The fourth-order valence-electron chi connectivity index (χ4n) is 2.64. The number of halogens is 1. The number of carbonyl (C=O) groups excluding carboxylic acids is 2. The van der Waals surface area contributed by atoms with Gasteiger partial charge in [-0.2, -0.15) is 0 Å². The van der Waals surface area contributed by atoms with Crippen LogP contribution in [0.3, 0.4) is 0 Å². The predicted octanol–water partition coefficient (Wildman–Crippen LogP) is 2.02. The van der Waals surface area contributed by atoms with Crippen molar-refractivity contribution in [3.05, 3.63) is 35.6 Å². The van der Waals surface area contributed by atoms with Crippen molar-refractivity contribution in [2.75, 3.05) is 26.2 Å². The molecule has 2 rings (SSSR count). The number of hydrogen-bond acceptors (Lipinski definition) is 2. The summed E-state index contributed by atoms with van der Waals surface area (Å²) in [5.74, 6) is -0.357. The molecule has 0 unspecified atom stereocenters. The molecule has 0 atom stereocenters. The molecule has 0 bridgehead atoms. The van der Waals surface area contributed by atoms with E-state index in [1.54, 1.807) is 21.9 Å². The minimum absolute atomic E-state index is 0.0262. The van der Waals surface area contributed by atoms with Gasteiger partial charge in [-0.25, -0.2) is 9.18 Å². The highest BCUT2D eigenvalue weighted by atomic mass is 19.1. The number of carbonyl (C=O) groups is 2. The smallest absolute Gasteiger partial charge is 0.317 e. The molecule has 1 aromatic carbocycles. The third-order valence-corrected chi connectivity index (χ3v) is 3.79. The molecule has 1 aliphatic rings. The van der Waals surface area contributed by atoms with Gasteiger partial charge in [-0.3, -0.25) is 4.79 Å². The largest absolute Gasteiger partial charge is 0.341 e. The van der Waals surface area contributed by atoms with Gasteiger partial charge in [-0.15, -0.1) is 0 Å². The van der Waals surface area contributed by atoms with Crippen LogP contribution in [-0.4, -0.2) is 54.0 Å². The highest BCUT2D eigenvalue weighted by Gasteiger charge is 2.22. The Morgan fingerprint density at radius 1 is 1.17 bits per heavy atom. The van der Waals surface area contributed by atoms with Crippen LogP contribution in [0, 0.1) is 5.82 Å². The lowest BCUT2D eigenvalue weighted by Gasteiger charge is -2.23. The van der Waals surface area contributed by atoms with Crippen molar-refractivity contribution in [1.82, 2.24) is 15.1 Å². The molecule has 1 fully saturated rings. The first-order valence-electron chi connectivity index (χ1n) is 8.03. The molecule has 1 aliphatic heterocycles. The Morgan fingerprint density at radius 3 is 2.57 bits per heavy atom. The molecule has 0 aliphatic carbocycles. The van der Waals surface area contributed by atoms with E-state index >= 15 is 0 Å². The van der Waals surface area contributed by atoms with Crippen LogP contribution in [0.25, 0.3) is 0 Å². The van der Waals surface area contributed by atoms with E-state index in [9.17, 15) is 14.0 Å². The van der Waals surface area contributed by atoms with Crippen LogP contribution in [0.1, 0.15) is 25.8 Å². The monoisotopic (exact) mass is 321 g/mol. The van der Waals surface area contributed by atoms with E-state index < -0.39 is 0 Å². The second kappa shape index (κ2) is 7.94. The number of benzene rings is 1. The number of hydrogen-bond donors (Lipinski definition) is 1. The second-order valence-electron chi connectivity index (χ2n) is 6.13. The number of rotatable bonds is 3. The third kappa shape index (κ3) is 5.23. The molecule has 1 aromatic rings. The van der Waals surface area contributed by atoms with Crippen LogP contribution < -0.4 is 5.32 Å². The summed E-state index contributed by atoms with van der Waals surface area (Å²) in [5, 5.41) is 2.87. The van der Waals surface area contributed by atoms with E-state index in [0.29, 0.717) is 31.7 Å². The normalized spacial score (nSPS) is 15.5. The van der Waals surface area contributed by atoms with Gasteiger partial charge in [0.1, 0.15) is 5.82 Å². The van der Waals surface area contributed by atoms with Gasteiger partial charge < -0.3 is 15.1 Å². The van der Waals surface area contributed by atoms with Gasteiger partial charge in [0.25, 0.3) is 0 Å². The minimum Gasteiger partial charge on any atom is -0.341 e. The lowest BCUT2D eigenvalue weighted by atomic mass is 10.1. The Morgan fingerprint density at radius 2 is 1.87 bits per heavy atom. The van der Waals surface area contributed by atoms with Gasteiger partial charge in [0.15, 0.2) is 0 Å². The van der Waals surface area contributed by atoms with Crippen molar-refractivity contribution in [1.29, 1.82) is 0 Å². The molecule has 23 heavy (non-hydrogen) atoms. The van der Waals surface area contributed by atoms with Crippen molar-refractivity contribution in [3.8, 4) is 0 Å². The van der Waals surface area contributed by atoms with Gasteiger partial charge in [0.2, 0.25) is 5.91 Å². The van der Waals surface area contributed by atoms with Gasteiger partial charge >= 0.3 is 6.03 Å². The van der Waals surface area contributed by atoms with Gasteiger partial charge in [-0.1, -0.05) is 12.1 Å². The molecular weight excluding hydrogens is 297 g/mol. The highest BCUT2D eigenvalue weighted by molar-refractivity contribution is 5.79. The van der Waals surface area contributed by atoms with Crippen LogP contribution in [0.4, 0.5) is 9.18 Å². The molecule has 5 nitrogen and oxygen atoms in total. The number of nitrogens with zero attached hydrogens (tertiary/aromatic N) is 2. The van der Waals surface area contributed by atoms with E-state index in [1.165, 1.54) is 12.1 Å². The topological polar surface area (TPSA) is 52.7 Å². The van der Waals surface area contributed by atoms with E-state index in [-0.39, 0.29) is 30.2 Å². The van der Waals surface area contributed by atoms with Crippen molar-refractivity contribution in [2.45, 2.75) is 32.7 Å². The zero-order chi connectivity index (χ0) is 16.8. The number of nitrogens with one attached hydrogen (secondary N) is 1. The average molecular weight is 321 g/mol. The van der Waals surface area contributed by atoms with Gasteiger partial charge in [0, 0.05) is 32.2 Å². The van der Waals surface area contributed by atoms with Crippen LogP contribution in [0.2, 0.25) is 0 Å². The van der Waals surface area contributed by atoms with E-state index in [2.05, 4.69) is 5.32 Å². The second-order valence-corrected chi connectivity index (χ2v) is 6.13. The Bertz CT molecular complexity index is 563. The average Bonchev–Trinajstić information content (AvgIpc) is 2.72. The zero-order valence-corrected chi connectivity index (χ0v) is 13.7. The van der Waals surface area contributed by atoms with Crippen LogP contribution in [-0.2, 0) is 11.2 Å². The standard InChI is InChI=1S/C17H24FN3O2/c1-13(2)19-17(23)21-8-4-7-20(9-10-21)16(22)12-14-5-3-6-15(18)11-14/h3,5-6,11,13H,4,7-10,12H2,1-2H3,(H,19,23). The summed E-state index contributed by atoms with van der Waals surface area (Å²) >= 11 is 0. The van der Waals surface area contributed by atoms with Crippen LogP contribution in [0.15, 0.2) is 24.3 Å². The summed E-state index contributed by atoms with van der Waals surface area (Å²) in [6.45, 7) is 6.14. The molecule has 1 heterocycles. The maximum atomic E-state index is 13.2. The summed E-state index contributed by atoms with van der Waals surface area (Å²) in [7, 11) is 0. The summed E-state index contributed by atoms with van der Waals surface area (Å²) in [5.41, 5.74) is 0.675. The van der Waals surface area contributed by atoms with Crippen molar-refractivity contribution in [3.63, 3.8) is 0 Å². The van der Waals surface area contributed by atoms with Gasteiger partial charge in [0.05, 0.1) is 6.42 Å². The minimum atomic E-state index is -0.331. The first-order valence-corrected chi connectivity index (χ1v) is 8.03. The Balaban J connectivity index is 1.89. The quantitative estimate of drug-likeness (QED) is 0.926. The summed E-state index contributed by atoms with van der Waals surface area (Å²) in [4.78, 5) is 27.9. The Kier molecular flexibility index (Phi) is 5.96. The van der Waals surface area contributed by atoms with Crippen molar-refractivity contribution < 1.29 is 14.0 Å². The van der Waals surface area contributed by atoms with Crippen LogP contribution in [0.5, 0.6) is 0 Å². The molecule has 0 radical (unpaired) electrons. The molecular formula is C17H24FN3O2. The maximum absolute atomic E-state index is 13.2. The van der Waals surface area contributed by atoms with Crippen LogP contribution >= 0.6 is 0 Å². The lowest BCUT2D eigenvalue weighted by molar-refractivity contribution is -0.130. The van der Waals surface area contributed by atoms with Crippen molar-refractivity contribution >= 4 is 11.9 Å². The summed E-state index contributed by atoms with van der Waals surface area (Å²) < 4.78 is 13.2. The number of urea groups is 1. The first-order chi connectivity index (χ1) is 11.0. The molecule has 0 saturated carbocycles. The SMILES string of the molecule is CC(C)NC(=O)N1CCCN(C(=O)Cc2cccc(F)c2)CC1. The fraction of sp³-hybridized carbons (Fsp3) is 0.529. The fourth-order valence-corrected chi connectivity index (χ4v) is 2.64. The number of amides is 3. The summed E-state index contributed by atoms with van der Waals surface area (Å²) in [6, 6.07) is 6.12. The van der Waals surface area contributed by atoms with Crippen molar-refractivity contribution in [2.24, 2.45) is 0 Å². The van der Waals surface area contributed by atoms with E-state index in [1.807, 2.05) is 13.8 Å². The molecule has 1 N–H and O–H groups in total. The first kappa shape index (κ1) is 17.2. The molecule has 3 amide bonds.